The lowest BCUT2D eigenvalue weighted by atomic mass is 9.88. The number of ether oxygens (including phenoxy) is 1. The van der Waals surface area contributed by atoms with E-state index in [0.717, 1.165) is 6.07 Å². The van der Waals surface area contributed by atoms with Crippen molar-refractivity contribution in [1.29, 1.82) is 0 Å². The topological polar surface area (TPSA) is 75.6 Å². The molecule has 0 aromatic heterocycles. The Morgan fingerprint density at radius 1 is 1.30 bits per heavy atom. The number of hydrogen-bond acceptors (Lipinski definition) is 4. The molecule has 0 saturated carbocycles. The standard InChI is InChI=1S/C17H14FNO4/c1-23-12-4-2-3-10(7-12)15(20)9-17(22)13-8-11(18)5-6-14(13)19-16(17)21/h2-8,22H,9H2,1H3,(H,19,21). The van der Waals surface area contributed by atoms with Crippen LogP contribution in [0.4, 0.5) is 10.1 Å². The molecule has 0 radical (unpaired) electrons. The maximum absolute atomic E-state index is 13.4. The van der Waals surface area contributed by atoms with E-state index in [-0.39, 0.29) is 5.56 Å². The van der Waals surface area contributed by atoms with Crippen molar-refractivity contribution in [2.75, 3.05) is 12.4 Å². The lowest BCUT2D eigenvalue weighted by Crippen LogP contribution is -2.36. The first-order valence-electron chi connectivity index (χ1n) is 6.95. The Hall–Kier alpha value is -2.73. The summed E-state index contributed by atoms with van der Waals surface area (Å²) in [6.07, 6.45) is -0.484. The maximum atomic E-state index is 13.4. The molecule has 2 N–H and O–H groups in total. The molecule has 0 aliphatic carbocycles. The third-order valence-electron chi connectivity index (χ3n) is 3.86. The summed E-state index contributed by atoms with van der Waals surface area (Å²) in [4.78, 5) is 24.5. The van der Waals surface area contributed by atoms with Crippen LogP contribution in [0.2, 0.25) is 0 Å². The number of rotatable bonds is 4. The minimum absolute atomic E-state index is 0.0683. The molecule has 1 heterocycles. The van der Waals surface area contributed by atoms with Gasteiger partial charge in [-0.1, -0.05) is 12.1 Å². The van der Waals surface area contributed by atoms with Gasteiger partial charge in [-0.3, -0.25) is 9.59 Å². The molecule has 6 heteroatoms. The Labute approximate surface area is 131 Å². The van der Waals surface area contributed by atoms with Crippen molar-refractivity contribution >= 4 is 17.4 Å². The molecule has 1 amide bonds. The van der Waals surface area contributed by atoms with E-state index in [0.29, 0.717) is 17.0 Å². The fourth-order valence-electron chi connectivity index (χ4n) is 2.62. The van der Waals surface area contributed by atoms with Crippen molar-refractivity contribution in [3.63, 3.8) is 0 Å². The van der Waals surface area contributed by atoms with Gasteiger partial charge in [0.1, 0.15) is 11.6 Å². The molecule has 1 aliphatic heterocycles. The van der Waals surface area contributed by atoms with E-state index in [9.17, 15) is 19.1 Å². The van der Waals surface area contributed by atoms with Crippen molar-refractivity contribution in [2.24, 2.45) is 0 Å². The van der Waals surface area contributed by atoms with Crippen molar-refractivity contribution in [1.82, 2.24) is 0 Å². The van der Waals surface area contributed by atoms with Crippen molar-refractivity contribution in [3.05, 3.63) is 59.4 Å². The van der Waals surface area contributed by atoms with Gasteiger partial charge in [0, 0.05) is 16.8 Å². The zero-order valence-electron chi connectivity index (χ0n) is 12.3. The SMILES string of the molecule is COc1cccc(C(=O)CC2(O)C(=O)Nc3ccc(F)cc32)c1. The number of fused-ring (bicyclic) bond motifs is 1. The highest BCUT2D eigenvalue weighted by molar-refractivity contribution is 6.09. The first-order valence-corrected chi connectivity index (χ1v) is 6.95. The van der Waals surface area contributed by atoms with Gasteiger partial charge in [0.05, 0.1) is 13.5 Å². The van der Waals surface area contributed by atoms with E-state index in [1.807, 2.05) is 0 Å². The number of nitrogens with one attached hydrogen (secondary N) is 1. The van der Waals surface area contributed by atoms with E-state index in [2.05, 4.69) is 5.32 Å². The second-order valence-corrected chi connectivity index (χ2v) is 5.34. The molecule has 0 fully saturated rings. The number of carbonyl (C=O) groups is 2. The number of carbonyl (C=O) groups excluding carboxylic acids is 2. The lowest BCUT2D eigenvalue weighted by Gasteiger charge is -2.20. The highest BCUT2D eigenvalue weighted by Crippen LogP contribution is 2.39. The number of hydrogen-bond donors (Lipinski definition) is 2. The summed E-state index contributed by atoms with van der Waals surface area (Å²) < 4.78 is 18.5. The number of anilines is 1. The minimum Gasteiger partial charge on any atom is -0.497 e. The monoisotopic (exact) mass is 315 g/mol. The molecule has 2 aromatic rings. The number of Topliss-reactive ketones (excluding diaryl/α,β-unsaturated/α-hetero) is 1. The van der Waals surface area contributed by atoms with Gasteiger partial charge in [0.25, 0.3) is 5.91 Å². The smallest absolute Gasteiger partial charge is 0.261 e. The van der Waals surface area contributed by atoms with Crippen molar-refractivity contribution in [3.8, 4) is 5.75 Å². The Balaban J connectivity index is 1.94. The summed E-state index contributed by atoms with van der Waals surface area (Å²) in [6, 6.07) is 9.99. The van der Waals surface area contributed by atoms with Gasteiger partial charge >= 0.3 is 0 Å². The van der Waals surface area contributed by atoms with Crippen LogP contribution < -0.4 is 10.1 Å². The molecule has 3 rings (SSSR count). The molecule has 1 unspecified atom stereocenters. The summed E-state index contributed by atoms with van der Waals surface area (Å²) in [5, 5.41) is 13.1. The predicted molar refractivity (Wildman–Crippen MR) is 80.9 cm³/mol. The summed E-state index contributed by atoms with van der Waals surface area (Å²) >= 11 is 0. The molecule has 118 valence electrons. The minimum atomic E-state index is -2.09. The molecule has 5 nitrogen and oxygen atoms in total. The Kier molecular flexibility index (Phi) is 3.61. The average molecular weight is 315 g/mol. The van der Waals surface area contributed by atoms with E-state index >= 15 is 0 Å². The molecule has 2 aromatic carbocycles. The molecule has 1 aliphatic rings. The third-order valence-corrected chi connectivity index (χ3v) is 3.86. The van der Waals surface area contributed by atoms with Crippen LogP contribution in [0.1, 0.15) is 22.3 Å². The van der Waals surface area contributed by atoms with Crippen LogP contribution in [0.15, 0.2) is 42.5 Å². The summed E-state index contributed by atoms with van der Waals surface area (Å²) in [5.74, 6) is -1.29. The largest absolute Gasteiger partial charge is 0.497 e. The Bertz CT molecular complexity index is 805. The van der Waals surface area contributed by atoms with Crippen LogP contribution in [0, 0.1) is 5.82 Å². The number of halogens is 1. The summed E-state index contributed by atoms with van der Waals surface area (Å²) in [6.45, 7) is 0. The van der Waals surface area contributed by atoms with Crippen LogP contribution in [-0.2, 0) is 10.4 Å². The van der Waals surface area contributed by atoms with Gasteiger partial charge in [-0.25, -0.2) is 4.39 Å². The van der Waals surface area contributed by atoms with Gasteiger partial charge in [-0.2, -0.15) is 0 Å². The first kappa shape index (κ1) is 15.2. The molecule has 0 bridgehead atoms. The van der Waals surface area contributed by atoms with Crippen LogP contribution >= 0.6 is 0 Å². The van der Waals surface area contributed by atoms with E-state index in [1.54, 1.807) is 18.2 Å². The second-order valence-electron chi connectivity index (χ2n) is 5.34. The molecule has 1 atom stereocenters. The van der Waals surface area contributed by atoms with E-state index < -0.39 is 29.5 Å². The average Bonchev–Trinajstić information content (AvgIpc) is 2.78. The van der Waals surface area contributed by atoms with Gasteiger partial charge in [-0.05, 0) is 30.3 Å². The first-order chi connectivity index (χ1) is 10.9. The van der Waals surface area contributed by atoms with Crippen molar-refractivity contribution in [2.45, 2.75) is 12.0 Å². The van der Waals surface area contributed by atoms with Crippen molar-refractivity contribution < 1.29 is 23.8 Å². The van der Waals surface area contributed by atoms with Gasteiger partial charge in [0.2, 0.25) is 0 Å². The third kappa shape index (κ3) is 2.57. The van der Waals surface area contributed by atoms with E-state index in [1.165, 1.54) is 25.3 Å². The molecular weight excluding hydrogens is 301 g/mol. The Morgan fingerprint density at radius 3 is 2.83 bits per heavy atom. The zero-order chi connectivity index (χ0) is 16.6. The number of aliphatic hydroxyl groups is 1. The number of benzene rings is 2. The van der Waals surface area contributed by atoms with Crippen LogP contribution in [0.3, 0.4) is 0 Å². The molecule has 0 spiro atoms. The molecule has 0 saturated heterocycles. The number of methoxy groups -OCH3 is 1. The molecular formula is C17H14FNO4. The summed E-state index contributed by atoms with van der Waals surface area (Å²) in [7, 11) is 1.47. The second kappa shape index (κ2) is 5.48. The Morgan fingerprint density at radius 2 is 2.09 bits per heavy atom. The summed E-state index contributed by atoms with van der Waals surface area (Å²) in [5.41, 5.74) is -1.41. The van der Waals surface area contributed by atoms with Crippen LogP contribution in [0.25, 0.3) is 0 Å². The quantitative estimate of drug-likeness (QED) is 0.849. The highest BCUT2D eigenvalue weighted by Gasteiger charge is 2.47. The van der Waals surface area contributed by atoms with Gasteiger partial charge in [0.15, 0.2) is 11.4 Å². The lowest BCUT2D eigenvalue weighted by molar-refractivity contribution is -0.133. The van der Waals surface area contributed by atoms with Crippen LogP contribution in [0.5, 0.6) is 5.75 Å². The zero-order valence-corrected chi connectivity index (χ0v) is 12.3. The predicted octanol–water partition coefficient (Wildman–Crippen LogP) is 2.25. The fraction of sp³-hybridized carbons (Fsp3) is 0.176. The number of amides is 1. The van der Waals surface area contributed by atoms with Gasteiger partial charge < -0.3 is 15.2 Å². The maximum Gasteiger partial charge on any atom is 0.261 e. The fourth-order valence-corrected chi connectivity index (χ4v) is 2.62. The van der Waals surface area contributed by atoms with Gasteiger partial charge in [-0.15, -0.1) is 0 Å². The number of ketones is 1. The normalized spacial score (nSPS) is 19.2. The van der Waals surface area contributed by atoms with E-state index in [4.69, 9.17) is 4.74 Å². The molecule has 23 heavy (non-hydrogen) atoms. The van der Waals surface area contributed by atoms with Crippen LogP contribution in [-0.4, -0.2) is 23.9 Å². The highest BCUT2D eigenvalue weighted by atomic mass is 19.1.